The summed E-state index contributed by atoms with van der Waals surface area (Å²) in [6, 6.07) is 21.2. The van der Waals surface area contributed by atoms with Gasteiger partial charge in [-0.3, -0.25) is 4.68 Å². The van der Waals surface area contributed by atoms with Gasteiger partial charge in [0.05, 0.1) is 19.3 Å². The maximum absolute atomic E-state index is 6.09. The Hall–Kier alpha value is -4.46. The van der Waals surface area contributed by atoms with Crippen molar-refractivity contribution in [3.8, 4) is 28.3 Å². The first-order chi connectivity index (χ1) is 19.7. The molecule has 2 aromatic heterocycles. The topological polar surface area (TPSA) is 84.8 Å². The minimum Gasteiger partial charge on any atom is -0.493 e. The minimum absolute atomic E-state index is 0.664. The number of rotatable bonds is 10. The SMILES string of the molecule is Cc1cccc(OCCCCN2CCCc3c(-c4cnn(Cc5cccc(-c6nnn[nH]6)c5)c4)cccc32)c1C. The third-order valence-electron chi connectivity index (χ3n) is 7.82. The highest BCUT2D eigenvalue weighted by molar-refractivity contribution is 5.74. The van der Waals surface area contributed by atoms with Crippen LogP contribution in [0.25, 0.3) is 22.5 Å². The van der Waals surface area contributed by atoms with Crippen molar-refractivity contribution < 1.29 is 4.74 Å². The Kier molecular flexibility index (Phi) is 7.57. The maximum Gasteiger partial charge on any atom is 0.179 e. The van der Waals surface area contributed by atoms with Crippen LogP contribution in [0, 0.1) is 13.8 Å². The van der Waals surface area contributed by atoms with E-state index < -0.39 is 0 Å². The third-order valence-corrected chi connectivity index (χ3v) is 7.82. The summed E-state index contributed by atoms with van der Waals surface area (Å²) in [4.78, 5) is 2.55. The van der Waals surface area contributed by atoms with E-state index >= 15 is 0 Å². The number of nitrogens with one attached hydrogen (secondary N) is 1. The molecule has 1 aliphatic rings. The number of ether oxygens (including phenoxy) is 1. The van der Waals surface area contributed by atoms with Gasteiger partial charge >= 0.3 is 0 Å². The van der Waals surface area contributed by atoms with Crippen LogP contribution >= 0.6 is 0 Å². The number of H-pyrrole nitrogens is 1. The lowest BCUT2D eigenvalue weighted by Gasteiger charge is -2.32. The number of fused-ring (bicyclic) bond motifs is 1. The van der Waals surface area contributed by atoms with Gasteiger partial charge in [-0.05, 0) is 96.0 Å². The van der Waals surface area contributed by atoms with Crippen LogP contribution in [-0.4, -0.2) is 50.1 Å². The molecule has 0 saturated heterocycles. The fourth-order valence-corrected chi connectivity index (χ4v) is 5.55. The van der Waals surface area contributed by atoms with E-state index in [1.165, 1.54) is 34.4 Å². The molecule has 8 heteroatoms. The Labute approximate surface area is 235 Å². The van der Waals surface area contributed by atoms with Gasteiger partial charge in [0.1, 0.15) is 5.75 Å². The number of aryl methyl sites for hydroxylation is 1. The summed E-state index contributed by atoms with van der Waals surface area (Å²) < 4.78 is 8.09. The molecule has 3 aromatic carbocycles. The summed E-state index contributed by atoms with van der Waals surface area (Å²) in [6.45, 7) is 7.84. The van der Waals surface area contributed by atoms with Crippen molar-refractivity contribution in [2.24, 2.45) is 0 Å². The lowest BCUT2D eigenvalue weighted by molar-refractivity contribution is 0.305. The van der Waals surface area contributed by atoms with Crippen molar-refractivity contribution in [2.45, 2.75) is 46.1 Å². The van der Waals surface area contributed by atoms with Gasteiger partial charge in [-0.2, -0.15) is 5.10 Å². The van der Waals surface area contributed by atoms with Gasteiger partial charge in [-0.25, -0.2) is 5.10 Å². The molecule has 5 aromatic rings. The highest BCUT2D eigenvalue weighted by atomic mass is 16.5. The van der Waals surface area contributed by atoms with E-state index in [0.717, 1.165) is 61.4 Å². The molecule has 1 aliphatic heterocycles. The fourth-order valence-electron chi connectivity index (χ4n) is 5.55. The summed E-state index contributed by atoms with van der Waals surface area (Å²) in [5.41, 5.74) is 9.86. The molecule has 3 heterocycles. The monoisotopic (exact) mass is 533 g/mol. The second-order valence-electron chi connectivity index (χ2n) is 10.5. The Morgan fingerprint density at radius 1 is 0.975 bits per heavy atom. The van der Waals surface area contributed by atoms with E-state index in [1.807, 2.05) is 23.0 Å². The molecule has 0 radical (unpaired) electrons. The van der Waals surface area contributed by atoms with Gasteiger partial charge in [-0.1, -0.05) is 42.5 Å². The zero-order valence-corrected chi connectivity index (χ0v) is 23.2. The number of anilines is 1. The lowest BCUT2D eigenvalue weighted by atomic mass is 9.93. The van der Waals surface area contributed by atoms with Crippen LogP contribution in [0.15, 0.2) is 73.1 Å². The standard InChI is InChI=1S/C32H35N7O/c1-23-9-5-15-31(24(23)2)40-18-4-3-16-38-17-8-13-29-28(12-7-14-30(29)38)27-20-33-39(22-27)21-25-10-6-11-26(19-25)32-34-36-37-35-32/h5-7,9-12,14-15,19-20,22H,3-4,8,13,16-18,21H2,1-2H3,(H,34,35,36,37). The molecule has 0 spiro atoms. The number of aromatic amines is 1. The molecule has 204 valence electrons. The van der Waals surface area contributed by atoms with Crippen LogP contribution in [0.4, 0.5) is 5.69 Å². The number of unbranched alkanes of at least 4 members (excludes halogenated alkanes) is 1. The second-order valence-corrected chi connectivity index (χ2v) is 10.5. The van der Waals surface area contributed by atoms with Crippen LogP contribution in [0.5, 0.6) is 5.75 Å². The lowest BCUT2D eigenvalue weighted by Crippen LogP contribution is -2.30. The van der Waals surface area contributed by atoms with Crippen molar-refractivity contribution >= 4 is 5.69 Å². The fraction of sp³-hybridized carbons (Fsp3) is 0.312. The number of hydrogen-bond acceptors (Lipinski definition) is 6. The zero-order chi connectivity index (χ0) is 27.3. The average Bonchev–Trinajstić information content (AvgIpc) is 3.68. The zero-order valence-electron chi connectivity index (χ0n) is 23.2. The quantitative estimate of drug-likeness (QED) is 0.221. The summed E-state index contributed by atoms with van der Waals surface area (Å²) in [6.07, 6.45) is 8.55. The highest BCUT2D eigenvalue weighted by Gasteiger charge is 2.20. The van der Waals surface area contributed by atoms with Crippen LogP contribution < -0.4 is 9.64 Å². The normalized spacial score (nSPS) is 12.9. The van der Waals surface area contributed by atoms with Crippen LogP contribution in [0.3, 0.4) is 0 Å². The summed E-state index contributed by atoms with van der Waals surface area (Å²) >= 11 is 0. The van der Waals surface area contributed by atoms with Crippen molar-refractivity contribution in [3.05, 3.63) is 95.3 Å². The van der Waals surface area contributed by atoms with E-state index in [-0.39, 0.29) is 0 Å². The largest absolute Gasteiger partial charge is 0.493 e. The Bertz CT molecular complexity index is 1570. The number of aromatic nitrogens is 6. The maximum atomic E-state index is 6.09. The van der Waals surface area contributed by atoms with E-state index in [4.69, 9.17) is 9.84 Å². The van der Waals surface area contributed by atoms with Gasteiger partial charge in [-0.15, -0.1) is 5.10 Å². The van der Waals surface area contributed by atoms with E-state index in [2.05, 4.69) is 94.1 Å². The third kappa shape index (κ3) is 5.61. The van der Waals surface area contributed by atoms with Crippen LogP contribution in [-0.2, 0) is 13.0 Å². The van der Waals surface area contributed by atoms with Crippen molar-refractivity contribution in [2.75, 3.05) is 24.6 Å². The summed E-state index contributed by atoms with van der Waals surface area (Å²) in [5, 5.41) is 18.9. The van der Waals surface area contributed by atoms with E-state index in [0.29, 0.717) is 12.4 Å². The molecule has 40 heavy (non-hydrogen) atoms. The molecule has 0 amide bonds. The average molecular weight is 534 g/mol. The number of benzene rings is 3. The van der Waals surface area contributed by atoms with Crippen molar-refractivity contribution in [1.82, 2.24) is 30.4 Å². The molecule has 0 fully saturated rings. The van der Waals surface area contributed by atoms with Crippen LogP contribution in [0.2, 0.25) is 0 Å². The van der Waals surface area contributed by atoms with Gasteiger partial charge in [0.2, 0.25) is 0 Å². The number of nitrogens with zero attached hydrogens (tertiary/aromatic N) is 6. The molecule has 0 saturated carbocycles. The molecule has 0 bridgehead atoms. The Morgan fingerprint density at radius 2 is 1.88 bits per heavy atom. The van der Waals surface area contributed by atoms with E-state index in [9.17, 15) is 0 Å². The molecule has 8 nitrogen and oxygen atoms in total. The van der Waals surface area contributed by atoms with Gasteiger partial charge in [0, 0.05) is 36.1 Å². The first-order valence-electron chi connectivity index (χ1n) is 14.1. The predicted molar refractivity (Wildman–Crippen MR) is 158 cm³/mol. The number of tetrazole rings is 1. The minimum atomic E-state index is 0.664. The molecule has 0 aliphatic carbocycles. The molecule has 0 unspecified atom stereocenters. The van der Waals surface area contributed by atoms with Gasteiger partial charge in [0.25, 0.3) is 0 Å². The van der Waals surface area contributed by atoms with Crippen molar-refractivity contribution in [1.29, 1.82) is 0 Å². The first-order valence-corrected chi connectivity index (χ1v) is 14.1. The Morgan fingerprint density at radius 3 is 2.77 bits per heavy atom. The van der Waals surface area contributed by atoms with E-state index in [1.54, 1.807) is 0 Å². The second kappa shape index (κ2) is 11.7. The van der Waals surface area contributed by atoms with Gasteiger partial charge < -0.3 is 9.64 Å². The first kappa shape index (κ1) is 25.8. The predicted octanol–water partition coefficient (Wildman–Crippen LogP) is 6.01. The molecule has 1 N–H and O–H groups in total. The molecule has 6 rings (SSSR count). The highest BCUT2D eigenvalue weighted by Crippen LogP contribution is 2.35. The molecular weight excluding hydrogens is 498 g/mol. The van der Waals surface area contributed by atoms with Crippen LogP contribution in [0.1, 0.15) is 41.5 Å². The summed E-state index contributed by atoms with van der Waals surface area (Å²) in [7, 11) is 0. The number of hydrogen-bond donors (Lipinski definition) is 1. The molecular formula is C32H35N7O. The van der Waals surface area contributed by atoms with Gasteiger partial charge in [0.15, 0.2) is 5.82 Å². The molecule has 0 atom stereocenters. The summed E-state index contributed by atoms with van der Waals surface area (Å²) in [5.74, 6) is 1.67. The van der Waals surface area contributed by atoms with Crippen molar-refractivity contribution in [3.63, 3.8) is 0 Å². The Balaban J connectivity index is 1.10. The smallest absolute Gasteiger partial charge is 0.179 e.